The molecule has 0 aromatic carbocycles. The molecule has 1 amide bonds. The number of hydrogen-bond donors (Lipinski definition) is 3. The van der Waals surface area contributed by atoms with Gasteiger partial charge >= 0.3 is 5.97 Å². The fourth-order valence-corrected chi connectivity index (χ4v) is 8.75. The number of carbonyl (C=O) groups excluding carboxylic acids is 2. The Balaban J connectivity index is 3.36. The van der Waals surface area contributed by atoms with E-state index in [1.54, 1.807) is 6.08 Å². The van der Waals surface area contributed by atoms with E-state index in [1.807, 2.05) is 6.08 Å². The molecule has 0 radical (unpaired) electrons. The van der Waals surface area contributed by atoms with E-state index in [-0.39, 0.29) is 18.5 Å². The van der Waals surface area contributed by atoms with E-state index in [0.29, 0.717) is 19.4 Å². The molecule has 0 aliphatic rings. The minimum atomic E-state index is -0.844. The summed E-state index contributed by atoms with van der Waals surface area (Å²) in [5.41, 5.74) is 0. The van der Waals surface area contributed by atoms with Crippen molar-refractivity contribution >= 4 is 11.9 Å². The van der Waals surface area contributed by atoms with E-state index in [2.05, 4.69) is 19.2 Å². The highest BCUT2D eigenvalue weighted by Crippen LogP contribution is 2.17. The minimum Gasteiger partial charge on any atom is -0.466 e. The number of ether oxygens (including phenoxy) is 1. The number of unbranched alkanes of at least 4 members (excludes halogenated alkanes) is 41. The Hall–Kier alpha value is -1.40. The van der Waals surface area contributed by atoms with Crippen molar-refractivity contribution in [3.05, 3.63) is 12.2 Å². The molecular weight excluding hydrogens is 767 g/mol. The quantitative estimate of drug-likeness (QED) is 0.0321. The summed E-state index contributed by atoms with van der Waals surface area (Å²) >= 11 is 0. The Bertz CT molecular complexity index is 924. The summed E-state index contributed by atoms with van der Waals surface area (Å²) in [5, 5.41) is 22.9. The topological polar surface area (TPSA) is 95.9 Å². The van der Waals surface area contributed by atoms with E-state index in [0.717, 1.165) is 38.5 Å². The zero-order valence-corrected chi connectivity index (χ0v) is 41.9. The van der Waals surface area contributed by atoms with E-state index in [1.165, 1.54) is 244 Å². The van der Waals surface area contributed by atoms with E-state index in [9.17, 15) is 19.8 Å². The third-order valence-electron chi connectivity index (χ3n) is 13.1. The number of amides is 1. The molecule has 0 spiro atoms. The van der Waals surface area contributed by atoms with Crippen molar-refractivity contribution in [3.8, 4) is 0 Å². The number of rotatable bonds is 52. The van der Waals surface area contributed by atoms with Crippen LogP contribution in [-0.2, 0) is 14.3 Å². The highest BCUT2D eigenvalue weighted by molar-refractivity contribution is 5.76. The van der Waals surface area contributed by atoms with Crippen LogP contribution in [0.5, 0.6) is 0 Å². The van der Waals surface area contributed by atoms with Gasteiger partial charge in [0.05, 0.1) is 25.4 Å². The molecule has 6 nitrogen and oxygen atoms in total. The third kappa shape index (κ3) is 48.1. The molecule has 62 heavy (non-hydrogen) atoms. The van der Waals surface area contributed by atoms with Crippen molar-refractivity contribution in [2.45, 2.75) is 321 Å². The molecule has 0 aromatic rings. The Morgan fingerprint density at radius 1 is 0.435 bits per heavy atom. The van der Waals surface area contributed by atoms with Gasteiger partial charge in [-0.1, -0.05) is 276 Å². The minimum absolute atomic E-state index is 0.00918. The third-order valence-corrected chi connectivity index (χ3v) is 13.1. The van der Waals surface area contributed by atoms with Gasteiger partial charge in [-0.25, -0.2) is 0 Å². The maximum atomic E-state index is 12.4. The highest BCUT2D eigenvalue weighted by Gasteiger charge is 2.18. The lowest BCUT2D eigenvalue weighted by molar-refractivity contribution is -0.143. The van der Waals surface area contributed by atoms with E-state index in [4.69, 9.17) is 4.74 Å². The molecule has 2 atom stereocenters. The number of aliphatic hydroxyl groups excluding tert-OH is 2. The number of allylic oxidation sites excluding steroid dienone is 1. The van der Waals surface area contributed by atoms with Crippen molar-refractivity contribution in [2.75, 3.05) is 13.2 Å². The molecule has 0 aromatic heterocycles. The van der Waals surface area contributed by atoms with Crippen molar-refractivity contribution in [1.82, 2.24) is 5.32 Å². The zero-order chi connectivity index (χ0) is 45.1. The zero-order valence-electron chi connectivity index (χ0n) is 41.9. The Morgan fingerprint density at radius 2 is 0.742 bits per heavy atom. The molecule has 0 saturated carbocycles. The van der Waals surface area contributed by atoms with Gasteiger partial charge in [-0.15, -0.1) is 0 Å². The maximum Gasteiger partial charge on any atom is 0.305 e. The smallest absolute Gasteiger partial charge is 0.305 e. The predicted octanol–water partition coefficient (Wildman–Crippen LogP) is 16.9. The summed E-state index contributed by atoms with van der Waals surface area (Å²) in [6, 6.07) is -0.629. The second-order valence-electron chi connectivity index (χ2n) is 19.3. The van der Waals surface area contributed by atoms with Crippen LogP contribution in [0.1, 0.15) is 309 Å². The van der Waals surface area contributed by atoms with Gasteiger partial charge in [-0.05, 0) is 32.1 Å². The van der Waals surface area contributed by atoms with Gasteiger partial charge in [0.15, 0.2) is 0 Å². The normalized spacial score (nSPS) is 12.6. The summed E-state index contributed by atoms with van der Waals surface area (Å²) in [7, 11) is 0. The first kappa shape index (κ1) is 60.6. The Labute approximate surface area is 387 Å². The molecule has 0 saturated heterocycles. The molecule has 0 aliphatic heterocycles. The van der Waals surface area contributed by atoms with Crippen LogP contribution in [0.3, 0.4) is 0 Å². The molecule has 0 aliphatic carbocycles. The van der Waals surface area contributed by atoms with Gasteiger partial charge in [0.25, 0.3) is 0 Å². The number of esters is 1. The van der Waals surface area contributed by atoms with Gasteiger partial charge in [0.1, 0.15) is 0 Å². The predicted molar refractivity (Wildman–Crippen MR) is 269 cm³/mol. The van der Waals surface area contributed by atoms with Crippen LogP contribution in [0.2, 0.25) is 0 Å². The average molecular weight is 876 g/mol. The summed E-state index contributed by atoms with van der Waals surface area (Å²) in [5.74, 6) is -0.0657. The lowest BCUT2D eigenvalue weighted by Gasteiger charge is -2.20. The summed E-state index contributed by atoms with van der Waals surface area (Å²) < 4.78 is 5.49. The van der Waals surface area contributed by atoms with Crippen molar-refractivity contribution < 1.29 is 24.5 Å². The molecule has 0 fully saturated rings. The first-order valence-electron chi connectivity index (χ1n) is 28.0. The maximum absolute atomic E-state index is 12.4. The van der Waals surface area contributed by atoms with Crippen LogP contribution in [-0.4, -0.2) is 47.4 Å². The largest absolute Gasteiger partial charge is 0.466 e. The first-order valence-corrected chi connectivity index (χ1v) is 28.0. The van der Waals surface area contributed by atoms with Crippen LogP contribution in [0, 0.1) is 0 Å². The van der Waals surface area contributed by atoms with E-state index < -0.39 is 12.1 Å². The lowest BCUT2D eigenvalue weighted by Crippen LogP contribution is -2.45. The molecular formula is C56H109NO5. The van der Waals surface area contributed by atoms with Crippen LogP contribution in [0.15, 0.2) is 12.2 Å². The monoisotopic (exact) mass is 876 g/mol. The van der Waals surface area contributed by atoms with Gasteiger partial charge in [0, 0.05) is 12.8 Å². The molecule has 6 heteroatoms. The van der Waals surface area contributed by atoms with Crippen LogP contribution >= 0.6 is 0 Å². The number of carbonyl (C=O) groups is 2. The summed E-state index contributed by atoms with van der Waals surface area (Å²) in [6.45, 7) is 4.88. The average Bonchev–Trinajstić information content (AvgIpc) is 3.27. The number of nitrogens with one attached hydrogen (secondary N) is 1. The number of aliphatic hydroxyl groups is 2. The second kappa shape index (κ2) is 52.2. The highest BCUT2D eigenvalue weighted by atomic mass is 16.5. The molecule has 3 N–H and O–H groups in total. The Kier molecular flexibility index (Phi) is 51.0. The van der Waals surface area contributed by atoms with Crippen LogP contribution < -0.4 is 5.32 Å². The van der Waals surface area contributed by atoms with Crippen molar-refractivity contribution in [1.29, 1.82) is 0 Å². The Morgan fingerprint density at radius 3 is 1.10 bits per heavy atom. The molecule has 0 heterocycles. The van der Waals surface area contributed by atoms with Gasteiger partial charge in [0.2, 0.25) is 5.91 Å². The first-order chi connectivity index (χ1) is 30.5. The molecule has 0 rings (SSSR count). The molecule has 2 unspecified atom stereocenters. The van der Waals surface area contributed by atoms with E-state index >= 15 is 0 Å². The fraction of sp³-hybridized carbons (Fsp3) is 0.929. The standard InChI is InChI=1S/C56H109NO5/c1-3-5-7-9-11-13-14-15-16-17-18-21-24-27-30-34-38-42-46-50-56(61)62-51-47-43-39-35-31-28-25-22-19-20-23-26-29-33-37-41-45-49-55(60)57-53(52-58)54(59)48-44-40-36-32-12-10-8-6-4-2/h44,48,53-54,58-59H,3-43,45-47,49-52H2,1-2H3,(H,57,60)/b48-44+. The second-order valence-corrected chi connectivity index (χ2v) is 19.3. The summed E-state index contributed by atoms with van der Waals surface area (Å²) in [4.78, 5) is 24.5. The number of hydrogen-bond acceptors (Lipinski definition) is 5. The van der Waals surface area contributed by atoms with Gasteiger partial charge < -0.3 is 20.3 Å². The van der Waals surface area contributed by atoms with Crippen LogP contribution in [0.4, 0.5) is 0 Å². The molecule has 0 bridgehead atoms. The summed E-state index contributed by atoms with van der Waals surface area (Å²) in [6.07, 6.45) is 61.0. The van der Waals surface area contributed by atoms with Gasteiger partial charge in [-0.2, -0.15) is 0 Å². The van der Waals surface area contributed by atoms with Gasteiger partial charge in [-0.3, -0.25) is 9.59 Å². The molecule has 368 valence electrons. The fourth-order valence-electron chi connectivity index (χ4n) is 8.75. The van der Waals surface area contributed by atoms with Crippen LogP contribution in [0.25, 0.3) is 0 Å². The SMILES string of the molecule is CCCCCCCCC/C=C/C(O)C(CO)NC(=O)CCCCCCCCCCCCCCCCCCCOC(=O)CCCCCCCCCCCCCCCCCCCCC. The van der Waals surface area contributed by atoms with Crippen molar-refractivity contribution in [2.24, 2.45) is 0 Å². The lowest BCUT2D eigenvalue weighted by atomic mass is 10.0. The van der Waals surface area contributed by atoms with Crippen molar-refractivity contribution in [3.63, 3.8) is 0 Å².